The minimum atomic E-state index is -4.05. The third-order valence-corrected chi connectivity index (χ3v) is 11.4. The summed E-state index contributed by atoms with van der Waals surface area (Å²) < 4.78 is 33.1. The summed E-state index contributed by atoms with van der Waals surface area (Å²) in [5.41, 5.74) is 2.23. The molecule has 0 aliphatic carbocycles. The maximum atomic E-state index is 14.1. The van der Waals surface area contributed by atoms with E-state index in [-0.39, 0.29) is 22.8 Å². The number of rotatable bonds is 13. The number of hydrogen-bond acceptors (Lipinski definition) is 7. The molecule has 0 unspecified atom stereocenters. The summed E-state index contributed by atoms with van der Waals surface area (Å²) in [6.07, 6.45) is -0.860. The van der Waals surface area contributed by atoms with Crippen LogP contribution in [0.25, 0.3) is 0 Å². The van der Waals surface area contributed by atoms with E-state index in [9.17, 15) is 22.8 Å². The van der Waals surface area contributed by atoms with E-state index < -0.39 is 50.2 Å². The van der Waals surface area contributed by atoms with E-state index in [1.807, 2.05) is 66.7 Å². The maximum Gasteiger partial charge on any atom is 0.334 e. The van der Waals surface area contributed by atoms with E-state index in [1.165, 1.54) is 12.1 Å². The molecule has 1 heterocycles. The predicted molar refractivity (Wildman–Crippen MR) is 178 cm³/mol. The van der Waals surface area contributed by atoms with Crippen molar-refractivity contribution in [1.82, 2.24) is 10.2 Å². The molecule has 3 atom stereocenters. The molecule has 2 amide bonds. The molecule has 11 heteroatoms. The molecule has 46 heavy (non-hydrogen) atoms. The summed E-state index contributed by atoms with van der Waals surface area (Å²) in [4.78, 5) is 42.0. The zero-order valence-corrected chi connectivity index (χ0v) is 27.0. The lowest BCUT2D eigenvalue weighted by Crippen LogP contribution is -2.73. The van der Waals surface area contributed by atoms with E-state index in [4.69, 9.17) is 16.3 Å². The molecule has 1 fully saturated rings. The molecule has 0 spiro atoms. The van der Waals surface area contributed by atoms with Gasteiger partial charge in [0.05, 0.1) is 11.3 Å². The third kappa shape index (κ3) is 7.52. The lowest BCUT2D eigenvalue weighted by atomic mass is 9.98. The zero-order valence-electron chi connectivity index (χ0n) is 24.6. The summed E-state index contributed by atoms with van der Waals surface area (Å²) in [5.74, 6) is -2.19. The molecule has 0 radical (unpaired) electrons. The van der Waals surface area contributed by atoms with Gasteiger partial charge in [0, 0.05) is 16.7 Å². The Kier molecular flexibility index (Phi) is 10.6. The molecule has 0 saturated carbocycles. The van der Waals surface area contributed by atoms with Gasteiger partial charge in [-0.25, -0.2) is 13.2 Å². The molecule has 1 saturated heterocycles. The average Bonchev–Trinajstić information content (AvgIpc) is 3.09. The molecule has 236 valence electrons. The van der Waals surface area contributed by atoms with E-state index >= 15 is 0 Å². The van der Waals surface area contributed by atoms with Gasteiger partial charge in [0.25, 0.3) is 0 Å². The van der Waals surface area contributed by atoms with Gasteiger partial charge in [0.2, 0.25) is 20.7 Å². The van der Waals surface area contributed by atoms with Crippen molar-refractivity contribution in [3.05, 3.63) is 150 Å². The monoisotopic (exact) mass is 674 g/mol. The first-order valence-corrected chi connectivity index (χ1v) is 17.8. The van der Waals surface area contributed by atoms with Crippen molar-refractivity contribution in [3.63, 3.8) is 0 Å². The van der Waals surface area contributed by atoms with Gasteiger partial charge in [-0.05, 0) is 34.4 Å². The van der Waals surface area contributed by atoms with Crippen LogP contribution in [0.15, 0.2) is 138 Å². The second-order valence-electron chi connectivity index (χ2n) is 10.5. The maximum absolute atomic E-state index is 14.1. The van der Waals surface area contributed by atoms with Gasteiger partial charge in [-0.15, -0.1) is 11.6 Å². The van der Waals surface area contributed by atoms with Crippen molar-refractivity contribution in [2.24, 2.45) is 0 Å². The van der Waals surface area contributed by atoms with Gasteiger partial charge in [0.1, 0.15) is 11.4 Å². The summed E-state index contributed by atoms with van der Waals surface area (Å²) in [5, 5.41) is 1.49. The number of halogens is 1. The van der Waals surface area contributed by atoms with Crippen LogP contribution in [0.1, 0.15) is 22.8 Å². The van der Waals surface area contributed by atoms with Crippen molar-refractivity contribution >= 4 is 49.0 Å². The van der Waals surface area contributed by atoms with E-state index in [0.29, 0.717) is 21.9 Å². The predicted octanol–water partition coefficient (Wildman–Crippen LogP) is 5.50. The first-order chi connectivity index (χ1) is 22.2. The van der Waals surface area contributed by atoms with Gasteiger partial charge in [-0.1, -0.05) is 116 Å². The second kappa shape index (κ2) is 14.8. The van der Waals surface area contributed by atoms with E-state index in [0.717, 1.165) is 10.5 Å². The fourth-order valence-electron chi connectivity index (χ4n) is 5.09. The summed E-state index contributed by atoms with van der Waals surface area (Å²) >= 11 is 6.18. The minimum Gasteiger partial charge on any atom is -0.451 e. The molecular formula is C35H31ClN2O6S2. The number of esters is 1. The Morgan fingerprint density at radius 3 is 1.87 bits per heavy atom. The highest BCUT2D eigenvalue weighted by atomic mass is 35.5. The number of β-lactam (4-membered cyclic amide) rings is 1. The Hall–Kier alpha value is -4.38. The first-order valence-electron chi connectivity index (χ1n) is 14.4. The Bertz CT molecular complexity index is 1750. The van der Waals surface area contributed by atoms with E-state index in [2.05, 4.69) is 11.9 Å². The third-order valence-electron chi connectivity index (χ3n) is 7.36. The number of carbonyl (C=O) groups is 3. The number of nitrogens with zero attached hydrogens (tertiary/aromatic N) is 1. The quantitative estimate of drug-likeness (QED) is 0.0656. The molecule has 1 N–H and O–H groups in total. The average molecular weight is 675 g/mol. The SMILES string of the molecule is C=C(CCl)[C@H](C(=O)OC(c1ccccc1)c1ccccc1)N1C(=O)[C@@H](NC(=O)Cc2ccccc2)[C@H]1SS(=O)(=O)c1ccccc1. The fourth-order valence-corrected chi connectivity index (χ4v) is 8.77. The van der Waals surface area contributed by atoms with Gasteiger partial charge in [-0.2, -0.15) is 0 Å². The van der Waals surface area contributed by atoms with Crippen LogP contribution in [0.3, 0.4) is 0 Å². The lowest BCUT2D eigenvalue weighted by Gasteiger charge is -2.49. The smallest absolute Gasteiger partial charge is 0.334 e. The normalized spacial score (nSPS) is 16.7. The topological polar surface area (TPSA) is 110 Å². The number of benzene rings is 4. The molecule has 0 aromatic heterocycles. The summed E-state index contributed by atoms with van der Waals surface area (Å²) in [6.45, 7) is 3.94. The Labute approximate surface area is 276 Å². The molecule has 1 aliphatic rings. The number of likely N-dealkylation sites (tertiary alicyclic amines) is 1. The fraction of sp³-hybridized carbons (Fsp3) is 0.171. The van der Waals surface area contributed by atoms with Gasteiger partial charge >= 0.3 is 5.97 Å². The highest BCUT2D eigenvalue weighted by Crippen LogP contribution is 2.40. The first kappa shape index (κ1) is 33.0. The molecule has 5 rings (SSSR count). The molecule has 4 aromatic carbocycles. The van der Waals surface area contributed by atoms with Gasteiger partial charge in [0.15, 0.2) is 12.1 Å². The van der Waals surface area contributed by atoms with Crippen LogP contribution in [0.5, 0.6) is 0 Å². The second-order valence-corrected chi connectivity index (χ2v) is 14.8. The van der Waals surface area contributed by atoms with Crippen LogP contribution in [-0.4, -0.2) is 54.4 Å². The standard InChI is InChI=1S/C35H31ClN2O6S2/c1-24(23-36)31(35(41)44-32(26-16-8-3-9-17-26)27-18-10-4-11-19-27)38-33(40)30(37-29(39)22-25-14-6-2-7-15-25)34(38)45-46(42,43)28-20-12-5-13-21-28/h2-21,30-32,34H,1,22-23H2,(H,37,39)/t30-,31-,34-/m1/s1. The van der Waals surface area contributed by atoms with Crippen molar-refractivity contribution < 1.29 is 27.5 Å². The Morgan fingerprint density at radius 1 is 0.848 bits per heavy atom. The number of ether oxygens (including phenoxy) is 1. The Morgan fingerprint density at radius 2 is 1.35 bits per heavy atom. The van der Waals surface area contributed by atoms with E-state index in [1.54, 1.807) is 42.5 Å². The molecule has 1 aliphatic heterocycles. The number of nitrogens with one attached hydrogen (secondary N) is 1. The van der Waals surface area contributed by atoms with Crippen LogP contribution < -0.4 is 5.32 Å². The van der Waals surface area contributed by atoms with Crippen LogP contribution >= 0.6 is 22.4 Å². The molecule has 0 bridgehead atoms. The highest BCUT2D eigenvalue weighted by Gasteiger charge is 2.56. The molecule has 4 aromatic rings. The van der Waals surface area contributed by atoms with Crippen LogP contribution in [0, 0.1) is 0 Å². The van der Waals surface area contributed by atoms with Crippen molar-refractivity contribution in [1.29, 1.82) is 0 Å². The zero-order chi connectivity index (χ0) is 32.7. The van der Waals surface area contributed by atoms with Gasteiger partial charge in [-0.3, -0.25) is 9.59 Å². The van der Waals surface area contributed by atoms with Crippen molar-refractivity contribution in [3.8, 4) is 0 Å². The van der Waals surface area contributed by atoms with Crippen molar-refractivity contribution in [2.75, 3.05) is 5.88 Å². The molecule has 8 nitrogen and oxygen atoms in total. The summed E-state index contributed by atoms with van der Waals surface area (Å²) in [7, 11) is -3.58. The Balaban J connectivity index is 1.47. The highest BCUT2D eigenvalue weighted by molar-refractivity contribution is 8.72. The minimum absolute atomic E-state index is 0.0113. The number of alkyl halides is 1. The van der Waals surface area contributed by atoms with Crippen LogP contribution in [0.4, 0.5) is 0 Å². The number of hydrogen-bond donors (Lipinski definition) is 1. The summed E-state index contributed by atoms with van der Waals surface area (Å²) in [6, 6.07) is 32.2. The van der Waals surface area contributed by atoms with Crippen molar-refractivity contribution in [2.45, 2.75) is 34.9 Å². The molecular weight excluding hydrogens is 644 g/mol. The lowest BCUT2D eigenvalue weighted by molar-refractivity contribution is -0.165. The number of amides is 2. The van der Waals surface area contributed by atoms with Crippen LogP contribution in [0.2, 0.25) is 0 Å². The van der Waals surface area contributed by atoms with Gasteiger partial charge < -0.3 is 15.0 Å². The number of carbonyl (C=O) groups excluding carboxylic acids is 3. The largest absolute Gasteiger partial charge is 0.451 e. The van der Waals surface area contributed by atoms with Crippen LogP contribution in [-0.2, 0) is 34.4 Å².